The monoisotopic (exact) mass is 336 g/mol. The molecule has 2 N–H and O–H groups in total. The lowest BCUT2D eigenvalue weighted by Crippen LogP contribution is -2.45. The molecule has 3 aromatic rings. The summed E-state index contributed by atoms with van der Waals surface area (Å²) in [4.78, 5) is 36.2. The number of hydrogen-bond acceptors (Lipinski definition) is 4. The Kier molecular flexibility index (Phi) is 4.35. The first kappa shape index (κ1) is 16.4. The smallest absolute Gasteiger partial charge is 0.310 e. The number of ketones is 1. The Bertz CT molecular complexity index is 971. The van der Waals surface area contributed by atoms with Gasteiger partial charge in [0.1, 0.15) is 5.58 Å². The van der Waals surface area contributed by atoms with Crippen molar-refractivity contribution in [1.29, 1.82) is 0 Å². The van der Waals surface area contributed by atoms with Crippen LogP contribution in [0.25, 0.3) is 11.0 Å². The van der Waals surface area contributed by atoms with Gasteiger partial charge in [-0.15, -0.1) is 0 Å². The molecule has 2 amide bonds. The molecule has 0 aliphatic carbocycles. The molecule has 0 fully saturated rings. The maximum atomic E-state index is 12.2. The average Bonchev–Trinajstić information content (AvgIpc) is 2.96. The third-order valence-corrected chi connectivity index (χ3v) is 3.86. The fourth-order valence-corrected chi connectivity index (χ4v) is 2.45. The van der Waals surface area contributed by atoms with E-state index in [0.29, 0.717) is 11.1 Å². The average molecular weight is 336 g/mol. The van der Waals surface area contributed by atoms with E-state index in [0.717, 1.165) is 10.9 Å². The van der Waals surface area contributed by atoms with E-state index in [2.05, 4.69) is 10.9 Å². The van der Waals surface area contributed by atoms with Crippen molar-refractivity contribution < 1.29 is 18.8 Å². The maximum Gasteiger partial charge on any atom is 0.310 e. The van der Waals surface area contributed by atoms with Gasteiger partial charge >= 0.3 is 11.8 Å². The zero-order chi connectivity index (χ0) is 18.0. The van der Waals surface area contributed by atoms with E-state index in [1.807, 2.05) is 19.1 Å². The summed E-state index contributed by atoms with van der Waals surface area (Å²) in [5.74, 6) is -2.20. The van der Waals surface area contributed by atoms with E-state index in [9.17, 15) is 14.4 Å². The predicted octanol–water partition coefficient (Wildman–Crippen LogP) is 2.69. The molecule has 0 aliphatic heterocycles. The fraction of sp³-hybridized carbons (Fsp3) is 0.105. The van der Waals surface area contributed by atoms with Crippen LogP contribution in [0.5, 0.6) is 0 Å². The van der Waals surface area contributed by atoms with Gasteiger partial charge < -0.3 is 4.42 Å². The number of rotatable bonds is 3. The highest BCUT2D eigenvalue weighted by Crippen LogP contribution is 2.24. The Balaban J connectivity index is 1.68. The Morgan fingerprint density at radius 2 is 1.56 bits per heavy atom. The van der Waals surface area contributed by atoms with Gasteiger partial charge in [-0.05, 0) is 19.9 Å². The standard InChI is InChI=1S/C19H16N2O4/c1-11-7-9-13(10-8-11)16(22)18(23)20-21-19(24)17-12(2)14-5-3-4-6-15(14)25-17/h3-10H,1-2H3,(H,20,23)(H,21,24). The molecule has 126 valence electrons. The van der Waals surface area contributed by atoms with Gasteiger partial charge in [0.25, 0.3) is 5.78 Å². The fourth-order valence-electron chi connectivity index (χ4n) is 2.45. The van der Waals surface area contributed by atoms with E-state index in [1.54, 1.807) is 43.3 Å². The number of hydrogen-bond donors (Lipinski definition) is 2. The number of carbonyl (C=O) groups excluding carboxylic acids is 3. The van der Waals surface area contributed by atoms with E-state index in [-0.39, 0.29) is 11.3 Å². The molecule has 0 aliphatic rings. The molecule has 0 saturated carbocycles. The summed E-state index contributed by atoms with van der Waals surface area (Å²) in [7, 11) is 0. The van der Waals surface area contributed by atoms with Crippen LogP contribution < -0.4 is 10.9 Å². The van der Waals surface area contributed by atoms with Crippen LogP contribution in [0.3, 0.4) is 0 Å². The minimum absolute atomic E-state index is 0.0873. The Labute approximate surface area is 143 Å². The van der Waals surface area contributed by atoms with Crippen molar-refractivity contribution in [1.82, 2.24) is 10.9 Å². The number of carbonyl (C=O) groups is 3. The van der Waals surface area contributed by atoms with Crippen LogP contribution >= 0.6 is 0 Å². The topological polar surface area (TPSA) is 88.4 Å². The minimum Gasteiger partial charge on any atom is -0.451 e. The van der Waals surface area contributed by atoms with E-state index >= 15 is 0 Å². The van der Waals surface area contributed by atoms with Crippen LogP contribution in [-0.4, -0.2) is 17.6 Å². The SMILES string of the molecule is Cc1ccc(C(=O)C(=O)NNC(=O)c2oc3ccccc3c2C)cc1. The Morgan fingerprint density at radius 1 is 0.880 bits per heavy atom. The number of aryl methyl sites for hydroxylation is 2. The lowest BCUT2D eigenvalue weighted by molar-refractivity contribution is -0.117. The molecule has 1 heterocycles. The number of nitrogens with one attached hydrogen (secondary N) is 2. The van der Waals surface area contributed by atoms with Gasteiger partial charge in [-0.25, -0.2) is 0 Å². The lowest BCUT2D eigenvalue weighted by Gasteiger charge is -2.06. The van der Waals surface area contributed by atoms with Crippen LogP contribution in [0, 0.1) is 13.8 Å². The van der Waals surface area contributed by atoms with Crippen molar-refractivity contribution >= 4 is 28.6 Å². The number of Topliss-reactive ketones (excluding diaryl/α,β-unsaturated/α-hetero) is 1. The van der Waals surface area contributed by atoms with Gasteiger partial charge in [-0.3, -0.25) is 25.2 Å². The summed E-state index contributed by atoms with van der Waals surface area (Å²) in [5, 5.41) is 0.815. The van der Waals surface area contributed by atoms with Crippen molar-refractivity contribution in [2.45, 2.75) is 13.8 Å². The van der Waals surface area contributed by atoms with Crippen LogP contribution in [0.15, 0.2) is 52.9 Å². The number of fused-ring (bicyclic) bond motifs is 1. The number of para-hydroxylation sites is 1. The normalized spacial score (nSPS) is 10.5. The van der Waals surface area contributed by atoms with Crippen molar-refractivity contribution in [3.05, 3.63) is 71.0 Å². The molecule has 0 spiro atoms. The van der Waals surface area contributed by atoms with Gasteiger partial charge in [-0.2, -0.15) is 0 Å². The lowest BCUT2D eigenvalue weighted by atomic mass is 10.1. The first-order valence-corrected chi connectivity index (χ1v) is 7.67. The predicted molar refractivity (Wildman–Crippen MR) is 92.1 cm³/mol. The number of hydrazine groups is 1. The van der Waals surface area contributed by atoms with Crippen molar-refractivity contribution in [2.75, 3.05) is 0 Å². The largest absolute Gasteiger partial charge is 0.451 e. The van der Waals surface area contributed by atoms with Crippen molar-refractivity contribution in [2.24, 2.45) is 0 Å². The van der Waals surface area contributed by atoms with E-state index < -0.39 is 17.6 Å². The number of amides is 2. The minimum atomic E-state index is -0.925. The first-order chi connectivity index (χ1) is 12.0. The highest BCUT2D eigenvalue weighted by atomic mass is 16.3. The maximum absolute atomic E-state index is 12.2. The second-order valence-corrected chi connectivity index (χ2v) is 5.66. The molecule has 0 saturated heterocycles. The quantitative estimate of drug-likeness (QED) is 0.437. The molecule has 0 unspecified atom stereocenters. The van der Waals surface area contributed by atoms with Crippen LogP contribution in [0.2, 0.25) is 0 Å². The molecule has 0 atom stereocenters. The molecule has 25 heavy (non-hydrogen) atoms. The van der Waals surface area contributed by atoms with Crippen molar-refractivity contribution in [3.63, 3.8) is 0 Å². The second-order valence-electron chi connectivity index (χ2n) is 5.66. The van der Waals surface area contributed by atoms with Crippen molar-refractivity contribution in [3.8, 4) is 0 Å². The molecular formula is C19H16N2O4. The highest BCUT2D eigenvalue weighted by molar-refractivity contribution is 6.42. The van der Waals surface area contributed by atoms with Crippen LogP contribution in [-0.2, 0) is 4.79 Å². The Morgan fingerprint density at radius 3 is 2.24 bits per heavy atom. The molecule has 0 radical (unpaired) electrons. The van der Waals surface area contributed by atoms with Crippen LogP contribution in [0.4, 0.5) is 0 Å². The van der Waals surface area contributed by atoms with Gasteiger partial charge in [0.15, 0.2) is 5.76 Å². The zero-order valence-electron chi connectivity index (χ0n) is 13.8. The number of furan rings is 1. The molecule has 1 aromatic heterocycles. The summed E-state index contributed by atoms with van der Waals surface area (Å²) in [5.41, 5.74) is 6.79. The number of benzene rings is 2. The molecule has 6 nitrogen and oxygen atoms in total. The Hall–Kier alpha value is -3.41. The van der Waals surface area contributed by atoms with Gasteiger partial charge in [0, 0.05) is 16.5 Å². The summed E-state index contributed by atoms with van der Waals surface area (Å²) < 4.78 is 5.50. The third-order valence-electron chi connectivity index (χ3n) is 3.86. The second kappa shape index (κ2) is 6.60. The molecule has 3 rings (SSSR count). The molecular weight excluding hydrogens is 320 g/mol. The summed E-state index contributed by atoms with van der Waals surface area (Å²) in [6.07, 6.45) is 0. The van der Waals surface area contributed by atoms with Gasteiger partial charge in [0.05, 0.1) is 0 Å². The van der Waals surface area contributed by atoms with Crippen LogP contribution in [0.1, 0.15) is 32.0 Å². The van der Waals surface area contributed by atoms with Gasteiger partial charge in [-0.1, -0.05) is 48.0 Å². The van der Waals surface area contributed by atoms with E-state index in [1.165, 1.54) is 0 Å². The first-order valence-electron chi connectivity index (χ1n) is 7.67. The summed E-state index contributed by atoms with van der Waals surface area (Å²) >= 11 is 0. The summed E-state index contributed by atoms with van der Waals surface area (Å²) in [6, 6.07) is 13.8. The highest BCUT2D eigenvalue weighted by Gasteiger charge is 2.20. The van der Waals surface area contributed by atoms with E-state index in [4.69, 9.17) is 4.42 Å². The van der Waals surface area contributed by atoms with Gasteiger partial charge in [0.2, 0.25) is 0 Å². The summed E-state index contributed by atoms with van der Waals surface area (Å²) in [6.45, 7) is 3.63. The molecule has 0 bridgehead atoms. The zero-order valence-corrected chi connectivity index (χ0v) is 13.8. The molecule has 6 heteroatoms. The third kappa shape index (κ3) is 3.28. The molecule has 2 aromatic carbocycles.